The van der Waals surface area contributed by atoms with Gasteiger partial charge < -0.3 is 14.7 Å². The maximum absolute atomic E-state index is 13.4. The number of nitrogens with one attached hydrogen (secondary N) is 1. The number of benzene rings is 2. The van der Waals surface area contributed by atoms with Crippen LogP contribution in [0.1, 0.15) is 24.8 Å². The maximum atomic E-state index is 13.4. The van der Waals surface area contributed by atoms with E-state index in [2.05, 4.69) is 0 Å². The fraction of sp³-hybridized carbons (Fsp3) is 0.400. The van der Waals surface area contributed by atoms with Crippen LogP contribution in [0.2, 0.25) is 0 Å². The molecule has 0 aliphatic carbocycles. The zero-order valence-electron chi connectivity index (χ0n) is 21.8. The number of nitriles is 2. The zero-order valence-corrected chi connectivity index (χ0v) is 23.4. The summed E-state index contributed by atoms with van der Waals surface area (Å²) in [6.45, 7) is 2.33. The number of sulfonamides is 1. The van der Waals surface area contributed by atoms with E-state index in [4.69, 9.17) is 35.4 Å². The Hall–Kier alpha value is -3.89. The Morgan fingerprint density at radius 2 is 1.73 bits per heavy atom. The summed E-state index contributed by atoms with van der Waals surface area (Å²) < 4.78 is 65.6. The number of guanidine groups is 1. The summed E-state index contributed by atoms with van der Waals surface area (Å²) in [7, 11) is -9.02. The minimum Gasteiger partial charge on any atom is -0.493 e. The Morgan fingerprint density at radius 3 is 2.30 bits per heavy atom. The molecule has 1 atom stereocenters. The molecule has 1 aliphatic rings. The summed E-state index contributed by atoms with van der Waals surface area (Å²) in [6.07, 6.45) is 0.405. The summed E-state index contributed by atoms with van der Waals surface area (Å²) in [5.41, 5.74) is 6.06. The molecule has 1 saturated heterocycles. The Labute approximate surface area is 233 Å². The molecule has 2 aromatic rings. The average Bonchev–Trinajstić information content (AvgIpc) is 2.91. The third kappa shape index (κ3) is 7.83. The topological polar surface area (TPSA) is 200 Å². The van der Waals surface area contributed by atoms with Crippen LogP contribution >= 0.6 is 0 Å². The van der Waals surface area contributed by atoms with E-state index in [1.54, 1.807) is 13.0 Å². The molecule has 1 aliphatic heterocycles. The van der Waals surface area contributed by atoms with Gasteiger partial charge in [0.1, 0.15) is 21.3 Å². The average molecular weight is 591 g/mol. The van der Waals surface area contributed by atoms with Crippen molar-refractivity contribution in [1.29, 1.82) is 15.9 Å². The number of hydroxylamine groups is 2. The van der Waals surface area contributed by atoms with Crippen LogP contribution in [0.25, 0.3) is 0 Å². The molecule has 3 rings (SSSR count). The molecular formula is C25H30N6O7S2. The van der Waals surface area contributed by atoms with Crippen LogP contribution in [-0.4, -0.2) is 65.0 Å². The van der Waals surface area contributed by atoms with E-state index in [0.717, 1.165) is 16.4 Å². The number of hydrogen-bond donors (Lipinski definition) is 2. The molecule has 40 heavy (non-hydrogen) atoms. The van der Waals surface area contributed by atoms with Gasteiger partial charge in [0.25, 0.3) is 0 Å². The number of nitrogens with zero attached hydrogens (tertiary/aromatic N) is 4. The van der Waals surface area contributed by atoms with Crippen molar-refractivity contribution in [3.8, 4) is 23.6 Å². The van der Waals surface area contributed by atoms with Gasteiger partial charge in [-0.05, 0) is 43.2 Å². The Balaban J connectivity index is 1.81. The number of aryl methyl sites for hydroxylation is 1. The van der Waals surface area contributed by atoms with Crippen LogP contribution in [0.15, 0.2) is 52.3 Å². The van der Waals surface area contributed by atoms with Gasteiger partial charge in [0.15, 0.2) is 0 Å². The number of ether oxygens (including phenoxy) is 1. The van der Waals surface area contributed by atoms with E-state index in [-0.39, 0.29) is 50.2 Å². The second-order valence-corrected chi connectivity index (χ2v) is 12.4. The standard InChI is InChI=1S/C25H30N6O7S2/c1-19-14-21(36-17-20-8-13-31(25(28)29)37-18-20)16-22(15-19)38-40(34,35)24-7-3-2-6-23(24)39(32,33)30(11-4-9-26)12-5-10-27/h2-3,6-7,14-16,20H,4-5,8,11-13,17-18H2,1H3,(H3,28,29). The Morgan fingerprint density at radius 1 is 1.10 bits per heavy atom. The highest BCUT2D eigenvalue weighted by molar-refractivity contribution is 7.91. The van der Waals surface area contributed by atoms with Gasteiger partial charge in [0, 0.05) is 44.5 Å². The molecule has 0 spiro atoms. The molecule has 15 heteroatoms. The van der Waals surface area contributed by atoms with E-state index in [9.17, 15) is 16.8 Å². The minimum absolute atomic E-state index is 0.0197. The highest BCUT2D eigenvalue weighted by Crippen LogP contribution is 2.30. The molecule has 3 N–H and O–H groups in total. The molecule has 1 unspecified atom stereocenters. The predicted octanol–water partition coefficient (Wildman–Crippen LogP) is 2.11. The summed E-state index contributed by atoms with van der Waals surface area (Å²) in [4.78, 5) is 4.32. The smallest absolute Gasteiger partial charge is 0.340 e. The molecule has 1 fully saturated rings. The molecule has 0 radical (unpaired) electrons. The summed E-state index contributed by atoms with van der Waals surface area (Å²) >= 11 is 0. The molecule has 1 heterocycles. The van der Waals surface area contributed by atoms with E-state index in [1.165, 1.54) is 29.3 Å². The highest BCUT2D eigenvalue weighted by Gasteiger charge is 2.32. The van der Waals surface area contributed by atoms with Crippen LogP contribution in [0.3, 0.4) is 0 Å². The molecule has 0 bridgehead atoms. The van der Waals surface area contributed by atoms with Crippen LogP contribution in [0.5, 0.6) is 11.5 Å². The SMILES string of the molecule is Cc1cc(OCC2CCN(C(=N)N)OC2)cc(OS(=O)(=O)c2ccccc2S(=O)(=O)N(CCC#N)CCC#N)c1. The lowest BCUT2D eigenvalue weighted by Crippen LogP contribution is -2.43. The molecule has 214 valence electrons. The lowest BCUT2D eigenvalue weighted by molar-refractivity contribution is -0.149. The van der Waals surface area contributed by atoms with E-state index >= 15 is 0 Å². The zero-order chi connectivity index (χ0) is 29.3. The molecule has 13 nitrogen and oxygen atoms in total. The largest absolute Gasteiger partial charge is 0.493 e. The first-order valence-electron chi connectivity index (χ1n) is 12.2. The van der Waals surface area contributed by atoms with Gasteiger partial charge in [-0.3, -0.25) is 10.2 Å². The second-order valence-electron chi connectivity index (χ2n) is 8.94. The van der Waals surface area contributed by atoms with E-state index < -0.39 is 29.9 Å². The third-order valence-corrected chi connectivity index (χ3v) is 9.27. The number of nitrogens with two attached hydrogens (primary N) is 1. The van der Waals surface area contributed by atoms with Gasteiger partial charge in [-0.2, -0.15) is 23.2 Å². The molecule has 0 aromatic heterocycles. The first-order chi connectivity index (χ1) is 19.0. The highest BCUT2D eigenvalue weighted by atomic mass is 32.2. The van der Waals surface area contributed by atoms with Crippen molar-refractivity contribution in [3.63, 3.8) is 0 Å². The van der Waals surface area contributed by atoms with Crippen molar-refractivity contribution in [3.05, 3.63) is 48.0 Å². The van der Waals surface area contributed by atoms with Crippen LogP contribution in [0.4, 0.5) is 0 Å². The monoisotopic (exact) mass is 590 g/mol. The summed E-state index contributed by atoms with van der Waals surface area (Å²) in [6, 6.07) is 13.3. The van der Waals surface area contributed by atoms with Crippen molar-refractivity contribution >= 4 is 26.1 Å². The quantitative estimate of drug-likeness (QED) is 0.208. The van der Waals surface area contributed by atoms with Crippen molar-refractivity contribution in [1.82, 2.24) is 9.37 Å². The lowest BCUT2D eigenvalue weighted by Gasteiger charge is -2.31. The molecule has 0 amide bonds. The first-order valence-corrected chi connectivity index (χ1v) is 15.1. The first kappa shape index (κ1) is 30.6. The van der Waals surface area contributed by atoms with Gasteiger partial charge in [0.05, 0.1) is 25.4 Å². The van der Waals surface area contributed by atoms with Gasteiger partial charge in [-0.1, -0.05) is 12.1 Å². The van der Waals surface area contributed by atoms with Gasteiger partial charge in [-0.15, -0.1) is 0 Å². The van der Waals surface area contributed by atoms with Crippen LogP contribution in [-0.2, 0) is 25.0 Å². The Kier molecular flexibility index (Phi) is 10.3. The van der Waals surface area contributed by atoms with Gasteiger partial charge in [-0.25, -0.2) is 13.5 Å². The number of rotatable bonds is 12. The summed E-state index contributed by atoms with van der Waals surface area (Å²) in [5, 5.41) is 26.6. The fourth-order valence-corrected chi connectivity index (χ4v) is 7.04. The number of hydrogen-bond acceptors (Lipinski definition) is 10. The van der Waals surface area contributed by atoms with Crippen molar-refractivity contribution in [2.45, 2.75) is 36.0 Å². The second kappa shape index (κ2) is 13.5. The molecule has 2 aromatic carbocycles. The van der Waals surface area contributed by atoms with Crippen molar-refractivity contribution < 1.29 is 30.6 Å². The lowest BCUT2D eigenvalue weighted by atomic mass is 10.1. The fourth-order valence-electron chi connectivity index (χ4n) is 3.91. The minimum atomic E-state index is -4.63. The molecule has 0 saturated carbocycles. The third-order valence-electron chi connectivity index (χ3n) is 5.87. The van der Waals surface area contributed by atoms with Crippen molar-refractivity contribution in [2.75, 3.05) is 32.8 Å². The maximum Gasteiger partial charge on any atom is 0.340 e. The summed E-state index contributed by atoms with van der Waals surface area (Å²) in [5.74, 6) is 0.119. The predicted molar refractivity (Wildman–Crippen MR) is 143 cm³/mol. The van der Waals surface area contributed by atoms with Gasteiger partial charge >= 0.3 is 10.1 Å². The van der Waals surface area contributed by atoms with E-state index in [0.29, 0.717) is 30.9 Å². The normalized spacial score (nSPS) is 15.7. The Bertz CT molecular complexity index is 1490. The van der Waals surface area contributed by atoms with E-state index in [1.807, 2.05) is 12.1 Å². The van der Waals surface area contributed by atoms with Gasteiger partial charge in [0.2, 0.25) is 16.0 Å². The van der Waals surface area contributed by atoms with Crippen LogP contribution < -0.4 is 14.7 Å². The van der Waals surface area contributed by atoms with Crippen molar-refractivity contribution in [2.24, 2.45) is 11.7 Å². The molecular weight excluding hydrogens is 560 g/mol. The van der Waals surface area contributed by atoms with Crippen LogP contribution in [0, 0.1) is 40.9 Å².